The van der Waals surface area contributed by atoms with E-state index in [1.165, 1.54) is 6.92 Å². The van der Waals surface area contributed by atoms with Crippen LogP contribution >= 0.6 is 8.60 Å². The standard InChI is InChI=1S/C8H9O6PS/c1-6(16(9,10)11)12-15-13-7-4-2-3-5-8(7)14-15/h2-6H,1H3,(H,9,10,11). The molecule has 0 aromatic heterocycles. The first-order valence-electron chi connectivity index (χ1n) is 4.35. The maximum Gasteiger partial charge on any atom is 0.464 e. The molecule has 1 aromatic rings. The molecule has 0 bridgehead atoms. The Labute approximate surface area is 93.9 Å². The minimum absolute atomic E-state index is 0.496. The van der Waals surface area contributed by atoms with Crippen LogP contribution in [0.4, 0.5) is 0 Å². The van der Waals surface area contributed by atoms with Gasteiger partial charge in [-0.25, -0.2) is 0 Å². The number of fused-ring (bicyclic) bond motifs is 1. The van der Waals surface area contributed by atoms with Gasteiger partial charge < -0.3 is 9.05 Å². The lowest BCUT2D eigenvalue weighted by Gasteiger charge is -2.11. The van der Waals surface area contributed by atoms with Crippen LogP contribution in [0, 0.1) is 0 Å². The van der Waals surface area contributed by atoms with E-state index in [1.807, 2.05) is 0 Å². The Hall–Kier alpha value is -0.880. The lowest BCUT2D eigenvalue weighted by atomic mass is 10.3. The van der Waals surface area contributed by atoms with Gasteiger partial charge in [-0.3, -0.25) is 9.08 Å². The van der Waals surface area contributed by atoms with Crippen LogP contribution in [0.1, 0.15) is 6.92 Å². The molecule has 0 spiro atoms. The van der Waals surface area contributed by atoms with Gasteiger partial charge in [0.2, 0.25) is 0 Å². The molecule has 8 heteroatoms. The van der Waals surface area contributed by atoms with E-state index in [0.717, 1.165) is 0 Å². The lowest BCUT2D eigenvalue weighted by molar-refractivity contribution is 0.250. The van der Waals surface area contributed by atoms with Gasteiger partial charge >= 0.3 is 8.60 Å². The van der Waals surface area contributed by atoms with Gasteiger partial charge in [-0.15, -0.1) is 0 Å². The van der Waals surface area contributed by atoms with Crippen LogP contribution in [0.3, 0.4) is 0 Å². The molecule has 0 fully saturated rings. The maximum atomic E-state index is 10.7. The molecule has 1 aliphatic rings. The van der Waals surface area contributed by atoms with Crippen LogP contribution in [0.2, 0.25) is 0 Å². The molecule has 2 rings (SSSR count). The summed E-state index contributed by atoms with van der Waals surface area (Å²) in [5.74, 6) is 0.993. The van der Waals surface area contributed by atoms with E-state index in [2.05, 4.69) is 0 Å². The van der Waals surface area contributed by atoms with Crippen molar-refractivity contribution in [3.8, 4) is 11.5 Å². The summed E-state index contributed by atoms with van der Waals surface area (Å²) in [6.07, 6.45) is 0. The largest absolute Gasteiger partial charge is 0.464 e. The van der Waals surface area contributed by atoms with E-state index < -0.39 is 24.2 Å². The molecule has 0 saturated carbocycles. The molecule has 16 heavy (non-hydrogen) atoms. The summed E-state index contributed by atoms with van der Waals surface area (Å²) in [4.78, 5) is 0. The van der Waals surface area contributed by atoms with Crippen LogP contribution in [0.5, 0.6) is 11.5 Å². The van der Waals surface area contributed by atoms with E-state index in [-0.39, 0.29) is 0 Å². The number of hydrogen-bond acceptors (Lipinski definition) is 5. The maximum absolute atomic E-state index is 10.7. The van der Waals surface area contributed by atoms with Gasteiger partial charge in [-0.1, -0.05) is 12.1 Å². The zero-order valence-electron chi connectivity index (χ0n) is 8.23. The molecule has 0 saturated heterocycles. The van der Waals surface area contributed by atoms with Gasteiger partial charge in [0.15, 0.2) is 16.9 Å². The van der Waals surface area contributed by atoms with Crippen LogP contribution in [0.25, 0.3) is 0 Å². The van der Waals surface area contributed by atoms with Gasteiger partial charge in [-0.2, -0.15) is 8.42 Å². The van der Waals surface area contributed by atoms with Crippen molar-refractivity contribution >= 4 is 18.7 Å². The van der Waals surface area contributed by atoms with E-state index >= 15 is 0 Å². The first kappa shape index (κ1) is 11.6. The fourth-order valence-corrected chi connectivity index (χ4v) is 2.63. The van der Waals surface area contributed by atoms with Crippen molar-refractivity contribution < 1.29 is 26.5 Å². The molecular formula is C8H9O6PS. The predicted molar refractivity (Wildman–Crippen MR) is 56.7 cm³/mol. The normalized spacial score (nSPS) is 17.4. The predicted octanol–water partition coefficient (Wildman–Crippen LogP) is 1.94. The Balaban J connectivity index is 2.03. The number of para-hydroxylation sites is 2. The van der Waals surface area contributed by atoms with Gasteiger partial charge in [0, 0.05) is 0 Å². The molecule has 6 nitrogen and oxygen atoms in total. The third-order valence-corrected chi connectivity index (χ3v) is 4.11. The summed E-state index contributed by atoms with van der Waals surface area (Å²) >= 11 is 0. The van der Waals surface area contributed by atoms with Crippen molar-refractivity contribution in [1.82, 2.24) is 0 Å². The van der Waals surface area contributed by atoms with E-state index in [0.29, 0.717) is 11.5 Å². The fourth-order valence-electron chi connectivity index (χ4n) is 0.999. The summed E-state index contributed by atoms with van der Waals surface area (Å²) in [6, 6.07) is 6.87. The molecule has 0 aliphatic carbocycles. The molecule has 1 atom stereocenters. The summed E-state index contributed by atoms with van der Waals surface area (Å²) in [5, 5.41) is 0. The summed E-state index contributed by atoms with van der Waals surface area (Å²) in [5.41, 5.74) is -1.38. The Morgan fingerprint density at radius 2 is 1.81 bits per heavy atom. The summed E-state index contributed by atoms with van der Waals surface area (Å²) < 4.78 is 45.5. The quantitative estimate of drug-likeness (QED) is 0.663. The van der Waals surface area contributed by atoms with Crippen LogP contribution in [-0.2, 0) is 14.6 Å². The van der Waals surface area contributed by atoms with Crippen LogP contribution < -0.4 is 9.05 Å². The highest BCUT2D eigenvalue weighted by Gasteiger charge is 2.33. The Bertz CT molecular complexity index is 462. The van der Waals surface area contributed by atoms with Crippen molar-refractivity contribution in [2.24, 2.45) is 0 Å². The molecule has 1 heterocycles. The monoisotopic (exact) mass is 264 g/mol. The van der Waals surface area contributed by atoms with Crippen molar-refractivity contribution in [2.75, 3.05) is 0 Å². The molecule has 0 amide bonds. The summed E-state index contributed by atoms with van der Waals surface area (Å²) in [6.45, 7) is 1.20. The van der Waals surface area contributed by atoms with Gasteiger partial charge in [0.1, 0.15) is 0 Å². The first-order chi connectivity index (χ1) is 7.47. The second-order valence-corrected chi connectivity index (χ2v) is 5.76. The molecule has 1 N–H and O–H groups in total. The Kier molecular flexibility index (Phi) is 3.03. The smallest absolute Gasteiger partial charge is 0.414 e. The number of hydrogen-bond donors (Lipinski definition) is 1. The van der Waals surface area contributed by atoms with E-state index in [4.69, 9.17) is 18.1 Å². The molecule has 1 unspecified atom stereocenters. The zero-order valence-corrected chi connectivity index (χ0v) is 9.94. The highest BCUT2D eigenvalue weighted by atomic mass is 32.2. The number of benzene rings is 1. The Morgan fingerprint density at radius 3 is 2.25 bits per heavy atom. The Morgan fingerprint density at radius 1 is 1.31 bits per heavy atom. The number of rotatable bonds is 3. The van der Waals surface area contributed by atoms with Crippen molar-refractivity contribution in [3.63, 3.8) is 0 Å². The zero-order chi connectivity index (χ0) is 11.8. The minimum Gasteiger partial charge on any atom is -0.414 e. The van der Waals surface area contributed by atoms with Gasteiger partial charge in [0.25, 0.3) is 10.1 Å². The molecule has 1 aliphatic heterocycles. The van der Waals surface area contributed by atoms with Crippen LogP contribution in [-0.4, -0.2) is 18.4 Å². The van der Waals surface area contributed by atoms with Crippen molar-refractivity contribution in [2.45, 2.75) is 12.4 Å². The van der Waals surface area contributed by atoms with Crippen molar-refractivity contribution in [3.05, 3.63) is 24.3 Å². The molecular weight excluding hydrogens is 255 g/mol. The van der Waals surface area contributed by atoms with Crippen LogP contribution in [0.15, 0.2) is 24.3 Å². The summed E-state index contributed by atoms with van der Waals surface area (Å²) in [7, 11) is -6.06. The highest BCUT2D eigenvalue weighted by molar-refractivity contribution is 7.86. The topological polar surface area (TPSA) is 82.1 Å². The first-order valence-corrected chi connectivity index (χ1v) is 6.95. The second kappa shape index (κ2) is 4.18. The van der Waals surface area contributed by atoms with Gasteiger partial charge in [-0.05, 0) is 19.1 Å². The van der Waals surface area contributed by atoms with E-state index in [1.54, 1.807) is 24.3 Å². The van der Waals surface area contributed by atoms with E-state index in [9.17, 15) is 8.42 Å². The molecule has 0 radical (unpaired) electrons. The second-order valence-electron chi connectivity index (χ2n) is 3.04. The van der Waals surface area contributed by atoms with Gasteiger partial charge in [0.05, 0.1) is 0 Å². The highest BCUT2D eigenvalue weighted by Crippen LogP contribution is 2.53. The molecule has 1 aromatic carbocycles. The van der Waals surface area contributed by atoms with Crippen molar-refractivity contribution in [1.29, 1.82) is 0 Å². The third-order valence-electron chi connectivity index (χ3n) is 1.85. The average Bonchev–Trinajstić information content (AvgIpc) is 2.58. The minimum atomic E-state index is -4.24. The average molecular weight is 264 g/mol. The third kappa shape index (κ3) is 2.44. The molecule has 88 valence electrons. The lowest BCUT2D eigenvalue weighted by Crippen LogP contribution is -2.19. The fraction of sp³-hybridized carbons (Fsp3) is 0.250. The SMILES string of the molecule is CC(OP1Oc2ccccc2O1)S(=O)(=O)O.